The van der Waals surface area contributed by atoms with Crippen LogP contribution in [0.15, 0.2) is 48.5 Å². The maximum atomic E-state index is 13.5. The molecule has 0 unspecified atom stereocenters. The molecule has 0 heterocycles. The van der Waals surface area contributed by atoms with E-state index < -0.39 is 0 Å². The molecule has 2 nitrogen and oxygen atoms in total. The van der Waals surface area contributed by atoms with Crippen LogP contribution in [0.1, 0.15) is 0 Å². The van der Waals surface area contributed by atoms with Gasteiger partial charge in [-0.25, -0.2) is 4.39 Å². The van der Waals surface area contributed by atoms with Crippen LogP contribution in [0.25, 0.3) is 11.1 Å². The van der Waals surface area contributed by atoms with E-state index in [1.54, 1.807) is 24.3 Å². The van der Waals surface area contributed by atoms with Crippen molar-refractivity contribution in [3.05, 3.63) is 54.3 Å². The van der Waals surface area contributed by atoms with Crippen molar-refractivity contribution < 1.29 is 4.39 Å². The molecule has 16 heavy (non-hydrogen) atoms. The number of hydrogen-bond donors (Lipinski definition) is 2. The van der Waals surface area contributed by atoms with Crippen molar-refractivity contribution in [1.29, 1.82) is 0 Å². The summed E-state index contributed by atoms with van der Waals surface area (Å²) >= 11 is 0. The standard InChI is InChI=1S/C12H11FN2.ClH/c13-12-7-2-1-6-11(12)9-4-3-5-10(8-9)15-14;/h1-8,15H,14H2;1H. The van der Waals surface area contributed by atoms with Crippen LogP contribution in [0.5, 0.6) is 0 Å². The first-order valence-corrected chi connectivity index (χ1v) is 4.63. The van der Waals surface area contributed by atoms with E-state index in [1.165, 1.54) is 6.07 Å². The summed E-state index contributed by atoms with van der Waals surface area (Å²) in [6, 6.07) is 14.0. The van der Waals surface area contributed by atoms with Gasteiger partial charge in [-0.05, 0) is 23.8 Å². The minimum absolute atomic E-state index is 0. The van der Waals surface area contributed by atoms with Crippen LogP contribution >= 0.6 is 12.4 Å². The number of halogens is 2. The third-order valence-electron chi connectivity index (χ3n) is 2.21. The Labute approximate surface area is 99.7 Å². The number of nitrogens with one attached hydrogen (secondary N) is 1. The fraction of sp³-hybridized carbons (Fsp3) is 0. The van der Waals surface area contributed by atoms with Gasteiger partial charge in [0.05, 0.1) is 0 Å². The lowest BCUT2D eigenvalue weighted by molar-refractivity contribution is 0.631. The van der Waals surface area contributed by atoms with Crippen molar-refractivity contribution >= 4 is 18.1 Å². The first-order chi connectivity index (χ1) is 7.31. The maximum absolute atomic E-state index is 13.5. The molecular formula is C12H12ClFN2. The van der Waals surface area contributed by atoms with Gasteiger partial charge in [0, 0.05) is 11.3 Å². The molecule has 0 saturated heterocycles. The zero-order chi connectivity index (χ0) is 10.7. The summed E-state index contributed by atoms with van der Waals surface area (Å²) in [5.74, 6) is 5.06. The smallest absolute Gasteiger partial charge is 0.131 e. The lowest BCUT2D eigenvalue weighted by Crippen LogP contribution is -2.06. The molecular weight excluding hydrogens is 227 g/mol. The first-order valence-electron chi connectivity index (χ1n) is 4.63. The van der Waals surface area contributed by atoms with Crippen LogP contribution in [-0.2, 0) is 0 Å². The summed E-state index contributed by atoms with van der Waals surface area (Å²) in [6.07, 6.45) is 0. The molecule has 0 atom stereocenters. The quantitative estimate of drug-likeness (QED) is 0.623. The fourth-order valence-corrected chi connectivity index (χ4v) is 1.47. The second-order valence-corrected chi connectivity index (χ2v) is 3.20. The molecule has 0 aliphatic rings. The van der Waals surface area contributed by atoms with E-state index in [2.05, 4.69) is 5.43 Å². The van der Waals surface area contributed by atoms with Crippen molar-refractivity contribution in [3.63, 3.8) is 0 Å². The molecule has 0 spiro atoms. The Morgan fingerprint density at radius 1 is 1.00 bits per heavy atom. The highest BCUT2D eigenvalue weighted by atomic mass is 35.5. The molecule has 0 saturated carbocycles. The monoisotopic (exact) mass is 238 g/mol. The Balaban J connectivity index is 0.00000128. The number of nitrogens with two attached hydrogens (primary N) is 1. The SMILES string of the molecule is Cl.NNc1cccc(-c2ccccc2F)c1. The Kier molecular flexibility index (Phi) is 4.28. The Morgan fingerprint density at radius 2 is 1.75 bits per heavy atom. The van der Waals surface area contributed by atoms with E-state index in [0.29, 0.717) is 5.56 Å². The predicted molar refractivity (Wildman–Crippen MR) is 66.9 cm³/mol. The third-order valence-corrected chi connectivity index (χ3v) is 2.21. The molecule has 2 aromatic carbocycles. The molecule has 84 valence electrons. The van der Waals surface area contributed by atoms with E-state index in [0.717, 1.165) is 11.3 Å². The molecule has 2 aromatic rings. The Bertz CT molecular complexity index is 474. The van der Waals surface area contributed by atoms with Crippen LogP contribution in [-0.4, -0.2) is 0 Å². The fourth-order valence-electron chi connectivity index (χ4n) is 1.47. The zero-order valence-corrected chi connectivity index (χ0v) is 9.30. The molecule has 0 aliphatic heterocycles. The molecule has 0 amide bonds. The topological polar surface area (TPSA) is 38.0 Å². The lowest BCUT2D eigenvalue weighted by atomic mass is 10.0. The van der Waals surface area contributed by atoms with E-state index in [4.69, 9.17) is 5.84 Å². The molecule has 0 fully saturated rings. The summed E-state index contributed by atoms with van der Waals surface area (Å²) in [5.41, 5.74) is 4.68. The van der Waals surface area contributed by atoms with Gasteiger partial charge in [0.25, 0.3) is 0 Å². The summed E-state index contributed by atoms with van der Waals surface area (Å²) in [7, 11) is 0. The predicted octanol–water partition coefficient (Wildman–Crippen LogP) is 3.20. The van der Waals surface area contributed by atoms with Crippen LogP contribution in [0, 0.1) is 5.82 Å². The summed E-state index contributed by atoms with van der Waals surface area (Å²) in [5, 5.41) is 0. The number of benzene rings is 2. The number of hydrazine groups is 1. The van der Waals surface area contributed by atoms with Gasteiger partial charge in [0.2, 0.25) is 0 Å². The molecule has 4 heteroatoms. The van der Waals surface area contributed by atoms with E-state index >= 15 is 0 Å². The average molecular weight is 239 g/mol. The average Bonchev–Trinajstić information content (AvgIpc) is 2.30. The minimum atomic E-state index is -0.230. The molecule has 0 bridgehead atoms. The van der Waals surface area contributed by atoms with Gasteiger partial charge < -0.3 is 5.43 Å². The number of hydrogen-bond acceptors (Lipinski definition) is 2. The third kappa shape index (κ3) is 2.51. The second-order valence-electron chi connectivity index (χ2n) is 3.20. The molecule has 3 N–H and O–H groups in total. The van der Waals surface area contributed by atoms with Crippen molar-refractivity contribution in [2.75, 3.05) is 5.43 Å². The first kappa shape index (κ1) is 12.5. The van der Waals surface area contributed by atoms with Gasteiger partial charge in [-0.1, -0.05) is 30.3 Å². The Morgan fingerprint density at radius 3 is 2.44 bits per heavy atom. The highest BCUT2D eigenvalue weighted by Gasteiger charge is 2.03. The Hall–Kier alpha value is -1.58. The van der Waals surface area contributed by atoms with Crippen LogP contribution in [0.4, 0.5) is 10.1 Å². The lowest BCUT2D eigenvalue weighted by Gasteiger charge is -2.05. The van der Waals surface area contributed by atoms with Gasteiger partial charge in [-0.3, -0.25) is 5.84 Å². The van der Waals surface area contributed by atoms with Crippen molar-refractivity contribution in [2.24, 2.45) is 5.84 Å². The van der Waals surface area contributed by atoms with E-state index in [1.807, 2.05) is 18.2 Å². The summed E-state index contributed by atoms with van der Waals surface area (Å²) < 4.78 is 13.5. The maximum Gasteiger partial charge on any atom is 0.131 e. The second kappa shape index (κ2) is 5.49. The molecule has 2 rings (SSSR count). The number of rotatable bonds is 2. The summed E-state index contributed by atoms with van der Waals surface area (Å²) in [4.78, 5) is 0. The summed E-state index contributed by atoms with van der Waals surface area (Å²) in [6.45, 7) is 0. The largest absolute Gasteiger partial charge is 0.324 e. The highest BCUT2D eigenvalue weighted by molar-refractivity contribution is 5.85. The zero-order valence-electron chi connectivity index (χ0n) is 8.48. The van der Waals surface area contributed by atoms with Gasteiger partial charge in [-0.15, -0.1) is 12.4 Å². The molecule has 0 aliphatic carbocycles. The minimum Gasteiger partial charge on any atom is -0.324 e. The number of nitrogen functional groups attached to an aromatic ring is 1. The van der Waals surface area contributed by atoms with Gasteiger partial charge in [-0.2, -0.15) is 0 Å². The van der Waals surface area contributed by atoms with E-state index in [-0.39, 0.29) is 18.2 Å². The van der Waals surface area contributed by atoms with Gasteiger partial charge >= 0.3 is 0 Å². The van der Waals surface area contributed by atoms with Crippen molar-refractivity contribution in [3.8, 4) is 11.1 Å². The highest BCUT2D eigenvalue weighted by Crippen LogP contribution is 2.24. The molecule has 0 aromatic heterocycles. The molecule has 0 radical (unpaired) electrons. The van der Waals surface area contributed by atoms with Crippen molar-refractivity contribution in [2.45, 2.75) is 0 Å². The van der Waals surface area contributed by atoms with Crippen LogP contribution in [0.3, 0.4) is 0 Å². The van der Waals surface area contributed by atoms with Crippen LogP contribution < -0.4 is 11.3 Å². The van der Waals surface area contributed by atoms with Gasteiger partial charge in [0.1, 0.15) is 5.82 Å². The van der Waals surface area contributed by atoms with Crippen molar-refractivity contribution in [1.82, 2.24) is 0 Å². The number of anilines is 1. The normalized spacial score (nSPS) is 9.38. The van der Waals surface area contributed by atoms with Crippen LogP contribution in [0.2, 0.25) is 0 Å². The van der Waals surface area contributed by atoms with Gasteiger partial charge in [0.15, 0.2) is 0 Å². The van der Waals surface area contributed by atoms with E-state index in [9.17, 15) is 4.39 Å².